The summed E-state index contributed by atoms with van der Waals surface area (Å²) in [6.45, 7) is 22.6. The first-order valence-electron chi connectivity index (χ1n) is 13.7. The number of allylic oxidation sites excluding steroid dienone is 1. The van der Waals surface area contributed by atoms with Gasteiger partial charge in [-0.05, 0) is 61.2 Å². The van der Waals surface area contributed by atoms with Gasteiger partial charge in [0.05, 0.1) is 0 Å². The van der Waals surface area contributed by atoms with E-state index in [1.54, 1.807) is 12.1 Å². The first-order valence-corrected chi connectivity index (χ1v) is 14.5. The van der Waals surface area contributed by atoms with Gasteiger partial charge in [0, 0.05) is 33.9 Å². The van der Waals surface area contributed by atoms with E-state index in [0.717, 1.165) is 33.5 Å². The average Bonchev–Trinajstić information content (AvgIpc) is 3.60. The monoisotopic (exact) mass is 573 g/mol. The Balaban J connectivity index is 0.000000833. The first-order chi connectivity index (χ1) is 18.8. The third-order valence-electron chi connectivity index (χ3n) is 6.72. The zero-order valence-electron chi connectivity index (χ0n) is 24.6. The van der Waals surface area contributed by atoms with Gasteiger partial charge >= 0.3 is 0 Å². The van der Waals surface area contributed by atoms with Gasteiger partial charge in [-0.2, -0.15) is 0 Å². The molecule has 5 nitrogen and oxygen atoms in total. The van der Waals surface area contributed by atoms with E-state index in [2.05, 4.69) is 6.58 Å². The molecule has 2 aromatic carbocycles. The van der Waals surface area contributed by atoms with Crippen molar-refractivity contribution in [3.05, 3.63) is 87.0 Å². The highest BCUT2D eigenvalue weighted by molar-refractivity contribution is 6.35. The van der Waals surface area contributed by atoms with Crippen LogP contribution in [0, 0.1) is 6.92 Å². The number of carbonyl (C=O) groups excluding carboxylic acids is 1. The van der Waals surface area contributed by atoms with Crippen LogP contribution in [0.1, 0.15) is 66.5 Å². The molecular formula is C32H41Cl2NO4. The van der Waals surface area contributed by atoms with Crippen molar-refractivity contribution in [2.45, 2.75) is 67.7 Å². The van der Waals surface area contributed by atoms with Crippen LogP contribution in [0.25, 0.3) is 11.1 Å². The zero-order valence-corrected chi connectivity index (χ0v) is 26.1. The Morgan fingerprint density at radius 1 is 1.00 bits per heavy atom. The fraction of sp³-hybridized carbons (Fsp3) is 0.406. The Kier molecular flexibility index (Phi) is 11.6. The Morgan fingerprint density at radius 2 is 1.67 bits per heavy atom. The van der Waals surface area contributed by atoms with E-state index in [9.17, 15) is 4.79 Å². The molecule has 0 bridgehead atoms. The number of benzene rings is 2. The van der Waals surface area contributed by atoms with Gasteiger partial charge in [0.15, 0.2) is 11.5 Å². The van der Waals surface area contributed by atoms with Gasteiger partial charge in [-0.15, -0.1) is 0 Å². The SMILES string of the molecule is C=C1OCO/C1=C/C1=C(C)C2(CO1)C(=O)N(CC)c1cccc(-c3cc(Cl)cc(Cl)c3C)c12.CC.CC.CC. The van der Waals surface area contributed by atoms with E-state index in [0.29, 0.717) is 33.9 Å². The fourth-order valence-electron chi connectivity index (χ4n) is 4.93. The zero-order chi connectivity index (χ0) is 29.5. The van der Waals surface area contributed by atoms with E-state index in [-0.39, 0.29) is 19.3 Å². The van der Waals surface area contributed by atoms with E-state index < -0.39 is 5.41 Å². The highest BCUT2D eigenvalue weighted by atomic mass is 35.5. The standard InChI is InChI=1S/C26H23Cl2NO4.3C2H6/c1-5-29-21-8-6-7-18(19-9-17(27)10-20(28)14(19)2)24(21)26(25(29)30)12-31-22(15(26)3)11-23-16(4)32-13-33-23;3*1-2/h6-11H,4-5,12-13H2,1-3H3;3*1-2H3/b23-11+;;;. The molecule has 1 fully saturated rings. The van der Waals surface area contributed by atoms with Crippen molar-refractivity contribution < 1.29 is 19.0 Å². The topological polar surface area (TPSA) is 48.0 Å². The van der Waals surface area contributed by atoms with Crippen molar-refractivity contribution >= 4 is 34.8 Å². The minimum atomic E-state index is -0.962. The number of rotatable bonds is 3. The van der Waals surface area contributed by atoms with Crippen LogP contribution >= 0.6 is 23.2 Å². The normalized spacial score (nSPS) is 19.8. The summed E-state index contributed by atoms with van der Waals surface area (Å²) in [5.41, 5.74) is 4.36. The maximum absolute atomic E-state index is 13.9. The molecule has 1 unspecified atom stereocenters. The average molecular weight is 575 g/mol. The first kappa shape index (κ1) is 32.3. The molecule has 2 aromatic rings. The van der Waals surface area contributed by atoms with Crippen LogP contribution in [0.2, 0.25) is 10.0 Å². The summed E-state index contributed by atoms with van der Waals surface area (Å²) < 4.78 is 16.9. The minimum Gasteiger partial charge on any atom is -0.492 e. The number of nitrogens with zero attached hydrogens (tertiary/aromatic N) is 1. The molecule has 3 heterocycles. The molecule has 3 aliphatic heterocycles. The molecule has 1 atom stereocenters. The molecule has 7 heteroatoms. The molecule has 1 spiro atoms. The molecule has 0 aromatic heterocycles. The third kappa shape index (κ3) is 5.57. The van der Waals surface area contributed by atoms with Crippen molar-refractivity contribution in [2.75, 3.05) is 24.8 Å². The third-order valence-corrected chi connectivity index (χ3v) is 7.34. The van der Waals surface area contributed by atoms with Crippen molar-refractivity contribution in [3.8, 4) is 11.1 Å². The summed E-state index contributed by atoms with van der Waals surface area (Å²) in [4.78, 5) is 15.8. The second-order valence-electron chi connectivity index (χ2n) is 8.33. The van der Waals surface area contributed by atoms with Crippen molar-refractivity contribution in [1.29, 1.82) is 0 Å². The lowest BCUT2D eigenvalue weighted by Gasteiger charge is -2.25. The number of carbonyl (C=O) groups is 1. The van der Waals surface area contributed by atoms with Gasteiger partial charge in [-0.25, -0.2) is 0 Å². The van der Waals surface area contributed by atoms with Crippen LogP contribution in [-0.4, -0.2) is 25.9 Å². The molecule has 39 heavy (non-hydrogen) atoms. The molecule has 212 valence electrons. The largest absolute Gasteiger partial charge is 0.492 e. The maximum atomic E-state index is 13.9. The quantitative estimate of drug-likeness (QED) is 0.367. The van der Waals surface area contributed by atoms with Gasteiger partial charge in [0.25, 0.3) is 0 Å². The highest BCUT2D eigenvalue weighted by Gasteiger charge is 2.57. The summed E-state index contributed by atoms with van der Waals surface area (Å²) >= 11 is 12.9. The summed E-state index contributed by atoms with van der Waals surface area (Å²) in [7, 11) is 0. The van der Waals surface area contributed by atoms with E-state index in [1.165, 1.54) is 0 Å². The number of halogens is 2. The number of likely N-dealkylation sites (N-methyl/N-ethyl adjacent to an activating group) is 1. The fourth-order valence-corrected chi connectivity index (χ4v) is 5.42. The molecule has 3 aliphatic rings. The molecule has 0 radical (unpaired) electrons. The summed E-state index contributed by atoms with van der Waals surface area (Å²) in [6, 6.07) is 9.59. The number of hydrogen-bond donors (Lipinski definition) is 0. The van der Waals surface area contributed by atoms with Crippen molar-refractivity contribution in [1.82, 2.24) is 0 Å². The van der Waals surface area contributed by atoms with E-state index in [4.69, 9.17) is 37.4 Å². The van der Waals surface area contributed by atoms with Gasteiger partial charge < -0.3 is 19.1 Å². The lowest BCUT2D eigenvalue weighted by Crippen LogP contribution is -2.42. The molecule has 1 saturated heterocycles. The number of ether oxygens (including phenoxy) is 3. The van der Waals surface area contributed by atoms with Gasteiger partial charge in [-0.3, -0.25) is 4.79 Å². The van der Waals surface area contributed by atoms with Gasteiger partial charge in [0.2, 0.25) is 12.7 Å². The predicted octanol–water partition coefficient (Wildman–Crippen LogP) is 9.36. The Bertz CT molecular complexity index is 1280. The Labute approximate surface area is 244 Å². The van der Waals surface area contributed by atoms with Crippen molar-refractivity contribution in [3.63, 3.8) is 0 Å². The second-order valence-corrected chi connectivity index (χ2v) is 9.17. The van der Waals surface area contributed by atoms with E-state index >= 15 is 0 Å². The molecule has 1 amide bonds. The molecule has 0 saturated carbocycles. The Hall–Kier alpha value is -2.89. The highest BCUT2D eigenvalue weighted by Crippen LogP contribution is 2.54. The van der Waals surface area contributed by atoms with Gasteiger partial charge in [0.1, 0.15) is 17.8 Å². The minimum absolute atomic E-state index is 0.00783. The number of amides is 1. The lowest BCUT2D eigenvalue weighted by atomic mass is 9.73. The summed E-state index contributed by atoms with van der Waals surface area (Å²) in [5.74, 6) is 1.53. The number of fused-ring (bicyclic) bond motifs is 2. The van der Waals surface area contributed by atoms with Crippen LogP contribution in [0.4, 0.5) is 5.69 Å². The molecule has 0 aliphatic carbocycles. The van der Waals surface area contributed by atoms with Crippen LogP contribution in [0.5, 0.6) is 0 Å². The predicted molar refractivity (Wildman–Crippen MR) is 163 cm³/mol. The van der Waals surface area contributed by atoms with Crippen LogP contribution in [-0.2, 0) is 24.4 Å². The van der Waals surface area contributed by atoms with Crippen LogP contribution in [0.15, 0.2) is 65.8 Å². The molecule has 0 N–H and O–H groups in total. The number of hydrogen-bond acceptors (Lipinski definition) is 4. The second kappa shape index (κ2) is 14.0. The van der Waals surface area contributed by atoms with Crippen LogP contribution in [0.3, 0.4) is 0 Å². The van der Waals surface area contributed by atoms with Crippen molar-refractivity contribution in [2.24, 2.45) is 0 Å². The summed E-state index contributed by atoms with van der Waals surface area (Å²) in [5, 5.41) is 1.12. The molecular weight excluding hydrogens is 533 g/mol. The smallest absolute Gasteiger partial charge is 0.245 e. The molecule has 5 rings (SSSR count). The summed E-state index contributed by atoms with van der Waals surface area (Å²) in [6.07, 6.45) is 1.76. The van der Waals surface area contributed by atoms with Crippen LogP contribution < -0.4 is 4.90 Å². The maximum Gasteiger partial charge on any atom is 0.245 e. The number of anilines is 1. The Morgan fingerprint density at radius 3 is 2.26 bits per heavy atom. The van der Waals surface area contributed by atoms with Gasteiger partial charge in [-0.1, -0.05) is 83.5 Å². The van der Waals surface area contributed by atoms with E-state index in [1.807, 2.05) is 91.5 Å². The lowest BCUT2D eigenvalue weighted by molar-refractivity contribution is -0.122.